The van der Waals surface area contributed by atoms with Crippen molar-refractivity contribution < 1.29 is 14.3 Å². The molecule has 0 saturated heterocycles. The van der Waals surface area contributed by atoms with E-state index in [9.17, 15) is 14.9 Å². The molecular weight excluding hydrogens is 609 g/mol. The molecule has 0 spiro atoms. The molecule has 47 heavy (non-hydrogen) atoms. The maximum absolute atomic E-state index is 14.2. The molecular formula is C38H32N4O4S. The van der Waals surface area contributed by atoms with E-state index in [4.69, 9.17) is 14.5 Å². The highest BCUT2D eigenvalue weighted by molar-refractivity contribution is 7.07. The molecule has 9 heteroatoms. The maximum atomic E-state index is 14.2. The van der Waals surface area contributed by atoms with Crippen LogP contribution in [0, 0.1) is 25.2 Å². The van der Waals surface area contributed by atoms with Crippen molar-refractivity contribution in [2.24, 2.45) is 4.99 Å². The zero-order valence-corrected chi connectivity index (χ0v) is 27.2. The van der Waals surface area contributed by atoms with E-state index in [1.165, 1.54) is 11.3 Å². The van der Waals surface area contributed by atoms with Gasteiger partial charge in [0, 0.05) is 11.3 Å². The number of thiazole rings is 1. The summed E-state index contributed by atoms with van der Waals surface area (Å²) >= 11 is 1.27. The Morgan fingerprint density at radius 1 is 1.00 bits per heavy atom. The molecule has 234 valence electrons. The van der Waals surface area contributed by atoms with Crippen LogP contribution in [0.4, 0.5) is 5.69 Å². The van der Waals surface area contributed by atoms with Gasteiger partial charge in [-0.25, -0.2) is 4.99 Å². The number of amides is 1. The summed E-state index contributed by atoms with van der Waals surface area (Å²) in [6, 6.07) is 29.5. The Morgan fingerprint density at radius 3 is 2.53 bits per heavy atom. The van der Waals surface area contributed by atoms with E-state index in [0.717, 1.165) is 27.8 Å². The van der Waals surface area contributed by atoms with Gasteiger partial charge in [0.05, 0.1) is 40.6 Å². The lowest BCUT2D eigenvalue weighted by Gasteiger charge is -2.25. The highest BCUT2D eigenvalue weighted by Gasteiger charge is 2.32. The maximum Gasteiger partial charge on any atom is 0.271 e. The standard InChI is InChI=1S/C38H32N4O4S/c1-23-12-17-32(24(2)18-23)41-36(43)34-25(3)40-38-42(35(34)27-13-15-30(45-4)16-14-27)37(44)33(47-38)20-26-8-7-11-31(19-26)46-22-29-10-6-5-9-28(29)21-39/h5-20,35H,22H2,1-4H3,(H,41,43)/b33-20-/t35-/m0/s1. The van der Waals surface area contributed by atoms with E-state index < -0.39 is 6.04 Å². The highest BCUT2D eigenvalue weighted by atomic mass is 32.1. The first-order valence-electron chi connectivity index (χ1n) is 15.0. The third kappa shape index (κ3) is 6.50. The minimum Gasteiger partial charge on any atom is -0.497 e. The van der Waals surface area contributed by atoms with Crippen molar-refractivity contribution in [2.75, 3.05) is 12.4 Å². The fourth-order valence-electron chi connectivity index (χ4n) is 5.62. The van der Waals surface area contributed by atoms with Crippen LogP contribution in [0.5, 0.6) is 11.5 Å². The summed E-state index contributed by atoms with van der Waals surface area (Å²) in [6.45, 7) is 5.99. The van der Waals surface area contributed by atoms with E-state index >= 15 is 0 Å². The van der Waals surface area contributed by atoms with Gasteiger partial charge in [0.1, 0.15) is 18.1 Å². The SMILES string of the molecule is COc1ccc([C@H]2C(C(=O)Nc3ccc(C)cc3C)=C(C)N=c3s/c(=C\c4cccc(OCc5ccccc5C#N)c4)c(=O)n32)cc1. The molecule has 1 aromatic heterocycles. The van der Waals surface area contributed by atoms with Crippen LogP contribution in [0.25, 0.3) is 6.08 Å². The van der Waals surface area contributed by atoms with E-state index in [-0.39, 0.29) is 18.1 Å². The Labute approximate surface area is 276 Å². The van der Waals surface area contributed by atoms with Crippen LogP contribution in [0.3, 0.4) is 0 Å². The number of carbonyl (C=O) groups is 1. The number of ether oxygens (including phenoxy) is 2. The van der Waals surface area contributed by atoms with E-state index in [1.54, 1.807) is 30.7 Å². The lowest BCUT2D eigenvalue weighted by molar-refractivity contribution is -0.113. The summed E-state index contributed by atoms with van der Waals surface area (Å²) in [4.78, 5) is 33.4. The van der Waals surface area contributed by atoms with Crippen molar-refractivity contribution in [3.8, 4) is 17.6 Å². The number of nitrogens with zero attached hydrogens (tertiary/aromatic N) is 3. The van der Waals surface area contributed by atoms with Crippen LogP contribution in [-0.2, 0) is 11.4 Å². The number of hydrogen-bond acceptors (Lipinski definition) is 7. The molecule has 4 aromatic carbocycles. The van der Waals surface area contributed by atoms with Crippen molar-refractivity contribution in [3.63, 3.8) is 0 Å². The Bertz CT molecular complexity index is 2260. The lowest BCUT2D eigenvalue weighted by Crippen LogP contribution is -2.40. The van der Waals surface area contributed by atoms with Crippen LogP contribution in [0.1, 0.15) is 46.3 Å². The fraction of sp³-hybridized carbons (Fsp3) is 0.158. The minimum atomic E-state index is -0.708. The van der Waals surface area contributed by atoms with Crippen LogP contribution >= 0.6 is 11.3 Å². The largest absolute Gasteiger partial charge is 0.497 e. The van der Waals surface area contributed by atoms with Gasteiger partial charge in [-0.3, -0.25) is 14.2 Å². The van der Waals surface area contributed by atoms with Crippen LogP contribution in [0.15, 0.2) is 112 Å². The van der Waals surface area contributed by atoms with Gasteiger partial charge < -0.3 is 14.8 Å². The van der Waals surface area contributed by atoms with Gasteiger partial charge in [0.2, 0.25) is 0 Å². The molecule has 0 radical (unpaired) electrons. The molecule has 6 rings (SSSR count). The van der Waals surface area contributed by atoms with Gasteiger partial charge in [-0.1, -0.05) is 71.5 Å². The van der Waals surface area contributed by atoms with Gasteiger partial charge in [-0.05, 0) is 79.9 Å². The average Bonchev–Trinajstić information content (AvgIpc) is 3.38. The number of aryl methyl sites for hydroxylation is 2. The van der Waals surface area contributed by atoms with Gasteiger partial charge in [0.15, 0.2) is 4.80 Å². The Hall–Kier alpha value is -5.72. The number of allylic oxidation sites excluding steroid dienone is 1. The van der Waals surface area contributed by atoms with Gasteiger partial charge in [0.25, 0.3) is 11.5 Å². The molecule has 1 atom stereocenters. The molecule has 1 aliphatic heterocycles. The van der Waals surface area contributed by atoms with Crippen molar-refractivity contribution in [1.29, 1.82) is 5.26 Å². The predicted molar refractivity (Wildman–Crippen MR) is 183 cm³/mol. The molecule has 8 nitrogen and oxygen atoms in total. The average molecular weight is 641 g/mol. The van der Waals surface area contributed by atoms with Crippen LogP contribution < -0.4 is 29.7 Å². The third-order valence-corrected chi connectivity index (χ3v) is 9.00. The first-order valence-corrected chi connectivity index (χ1v) is 15.8. The predicted octanol–water partition coefficient (Wildman–Crippen LogP) is 5.95. The number of aromatic nitrogens is 1. The molecule has 2 heterocycles. The molecule has 0 unspecified atom stereocenters. The van der Waals surface area contributed by atoms with Crippen LogP contribution in [0.2, 0.25) is 0 Å². The summed E-state index contributed by atoms with van der Waals surface area (Å²) in [5, 5.41) is 12.5. The zero-order chi connectivity index (χ0) is 33.1. The summed E-state index contributed by atoms with van der Waals surface area (Å²) in [6.07, 6.45) is 1.81. The number of carbonyl (C=O) groups excluding carboxylic acids is 1. The highest BCUT2D eigenvalue weighted by Crippen LogP contribution is 2.32. The summed E-state index contributed by atoms with van der Waals surface area (Å²) in [5.41, 5.74) is 6.29. The topological polar surface area (TPSA) is 106 Å². The number of fused-ring (bicyclic) bond motifs is 1. The van der Waals surface area contributed by atoms with E-state index in [1.807, 2.05) is 98.8 Å². The second-order valence-corrected chi connectivity index (χ2v) is 12.3. The summed E-state index contributed by atoms with van der Waals surface area (Å²) in [7, 11) is 1.59. The monoisotopic (exact) mass is 640 g/mol. The number of nitrogens with one attached hydrogen (secondary N) is 1. The molecule has 5 aromatic rings. The normalized spacial score (nSPS) is 14.2. The molecule has 0 aliphatic carbocycles. The second-order valence-electron chi connectivity index (χ2n) is 11.3. The van der Waals surface area contributed by atoms with Crippen molar-refractivity contribution in [3.05, 3.63) is 155 Å². The lowest BCUT2D eigenvalue weighted by atomic mass is 9.95. The first-order chi connectivity index (χ1) is 22.7. The number of nitriles is 1. The smallest absolute Gasteiger partial charge is 0.271 e. The molecule has 0 saturated carbocycles. The van der Waals surface area contributed by atoms with Gasteiger partial charge in [-0.2, -0.15) is 5.26 Å². The number of methoxy groups -OCH3 is 1. The van der Waals surface area contributed by atoms with Crippen LogP contribution in [-0.4, -0.2) is 17.6 Å². The van der Waals surface area contributed by atoms with Gasteiger partial charge >= 0.3 is 0 Å². The minimum absolute atomic E-state index is 0.240. The number of rotatable bonds is 8. The first kappa shape index (κ1) is 31.3. The molecule has 0 fully saturated rings. The molecule has 1 aliphatic rings. The van der Waals surface area contributed by atoms with Crippen molar-refractivity contribution in [1.82, 2.24) is 4.57 Å². The third-order valence-electron chi connectivity index (χ3n) is 8.02. The summed E-state index contributed by atoms with van der Waals surface area (Å²) in [5.74, 6) is 0.953. The van der Waals surface area contributed by atoms with Crippen molar-refractivity contribution in [2.45, 2.75) is 33.4 Å². The van der Waals surface area contributed by atoms with Crippen molar-refractivity contribution >= 4 is 29.0 Å². The fourth-order valence-corrected chi connectivity index (χ4v) is 6.67. The Morgan fingerprint density at radius 2 is 1.79 bits per heavy atom. The molecule has 0 bridgehead atoms. The number of benzene rings is 4. The van der Waals surface area contributed by atoms with E-state index in [0.29, 0.717) is 43.4 Å². The Kier molecular flexibility index (Phi) is 8.87. The zero-order valence-electron chi connectivity index (χ0n) is 26.4. The van der Waals surface area contributed by atoms with E-state index in [2.05, 4.69) is 11.4 Å². The summed E-state index contributed by atoms with van der Waals surface area (Å²) < 4.78 is 13.4. The molecule has 1 N–H and O–H groups in total. The number of anilines is 1. The van der Waals surface area contributed by atoms with Gasteiger partial charge in [-0.15, -0.1) is 0 Å². The quantitative estimate of drug-likeness (QED) is 0.226. The Balaban J connectivity index is 1.38. The number of hydrogen-bond donors (Lipinski definition) is 1. The second kappa shape index (κ2) is 13.3. The molecule has 1 amide bonds.